The SMILES string of the molecule is C[C@@H](NCc1cc([N+](=O)[O-])ccc1Cl)c1ccccc1Br. The van der Waals surface area contributed by atoms with Gasteiger partial charge in [0.05, 0.1) is 4.92 Å². The first-order chi connectivity index (χ1) is 9.99. The molecule has 2 aromatic rings. The Bertz CT molecular complexity index is 664. The molecule has 0 aliphatic rings. The van der Waals surface area contributed by atoms with Crippen LogP contribution in [0.5, 0.6) is 0 Å². The van der Waals surface area contributed by atoms with Crippen molar-refractivity contribution in [2.75, 3.05) is 0 Å². The minimum atomic E-state index is -0.420. The van der Waals surface area contributed by atoms with Crippen molar-refractivity contribution < 1.29 is 4.92 Å². The molecule has 6 heteroatoms. The van der Waals surface area contributed by atoms with Gasteiger partial charge in [0.1, 0.15) is 0 Å². The number of halogens is 2. The zero-order valence-electron chi connectivity index (χ0n) is 11.3. The number of hydrogen-bond donors (Lipinski definition) is 1. The molecule has 0 aromatic heterocycles. The standard InChI is InChI=1S/C15H14BrClN2O2/c1-10(13-4-2-3-5-14(13)16)18-9-11-8-12(19(20)21)6-7-15(11)17/h2-8,10,18H,9H2,1H3/t10-/m1/s1. The van der Waals surface area contributed by atoms with Gasteiger partial charge >= 0.3 is 0 Å². The first kappa shape index (κ1) is 15.9. The number of nitro benzene ring substituents is 1. The molecule has 2 aromatic carbocycles. The second-order valence-corrected chi connectivity index (χ2v) is 5.92. The summed E-state index contributed by atoms with van der Waals surface area (Å²) in [6.45, 7) is 2.49. The number of benzene rings is 2. The predicted molar refractivity (Wildman–Crippen MR) is 87.5 cm³/mol. The van der Waals surface area contributed by atoms with Gasteiger partial charge in [0.15, 0.2) is 0 Å². The molecule has 1 N–H and O–H groups in total. The van der Waals surface area contributed by atoms with Crippen molar-refractivity contribution >= 4 is 33.2 Å². The van der Waals surface area contributed by atoms with Gasteiger partial charge in [-0.1, -0.05) is 45.7 Å². The van der Waals surface area contributed by atoms with Crippen LogP contribution in [0.25, 0.3) is 0 Å². The summed E-state index contributed by atoms with van der Waals surface area (Å²) in [5.41, 5.74) is 1.88. The van der Waals surface area contributed by atoms with Crippen molar-refractivity contribution in [3.8, 4) is 0 Å². The molecular weight excluding hydrogens is 356 g/mol. The first-order valence-corrected chi connectivity index (χ1v) is 7.56. The number of nitrogens with one attached hydrogen (secondary N) is 1. The van der Waals surface area contributed by atoms with Crippen LogP contribution in [0.1, 0.15) is 24.1 Å². The van der Waals surface area contributed by atoms with Gasteiger partial charge in [-0.25, -0.2) is 0 Å². The van der Waals surface area contributed by atoms with E-state index in [1.54, 1.807) is 6.07 Å². The molecule has 0 saturated carbocycles. The Morgan fingerprint density at radius 3 is 2.71 bits per heavy atom. The van der Waals surface area contributed by atoms with E-state index in [0.29, 0.717) is 17.1 Å². The summed E-state index contributed by atoms with van der Waals surface area (Å²) in [6, 6.07) is 12.5. The number of rotatable bonds is 5. The zero-order chi connectivity index (χ0) is 15.4. The summed E-state index contributed by atoms with van der Waals surface area (Å²) in [6.07, 6.45) is 0. The molecule has 0 unspecified atom stereocenters. The molecule has 0 radical (unpaired) electrons. The lowest BCUT2D eigenvalue weighted by atomic mass is 10.1. The molecule has 0 heterocycles. The summed E-state index contributed by atoms with van der Waals surface area (Å²) >= 11 is 9.60. The third kappa shape index (κ3) is 4.03. The molecule has 1 atom stereocenters. The predicted octanol–water partition coefficient (Wildman–Crippen LogP) is 4.86. The maximum atomic E-state index is 10.8. The quantitative estimate of drug-likeness (QED) is 0.605. The van der Waals surface area contributed by atoms with Crippen molar-refractivity contribution in [3.63, 3.8) is 0 Å². The van der Waals surface area contributed by atoms with Crippen LogP contribution < -0.4 is 5.32 Å². The van der Waals surface area contributed by atoms with E-state index in [-0.39, 0.29) is 11.7 Å². The van der Waals surface area contributed by atoms with Crippen LogP contribution in [-0.2, 0) is 6.54 Å². The molecule has 4 nitrogen and oxygen atoms in total. The lowest BCUT2D eigenvalue weighted by molar-refractivity contribution is -0.384. The van der Waals surface area contributed by atoms with Crippen LogP contribution in [0, 0.1) is 10.1 Å². The molecule has 110 valence electrons. The van der Waals surface area contributed by atoms with Crippen LogP contribution in [0.3, 0.4) is 0 Å². The van der Waals surface area contributed by atoms with Gasteiger partial charge in [0, 0.05) is 34.2 Å². The molecule has 0 aliphatic heterocycles. The third-order valence-electron chi connectivity index (χ3n) is 3.21. The van der Waals surface area contributed by atoms with Crippen LogP contribution in [-0.4, -0.2) is 4.92 Å². The third-order valence-corrected chi connectivity index (χ3v) is 4.30. The van der Waals surface area contributed by atoms with Gasteiger partial charge in [-0.15, -0.1) is 0 Å². The molecule has 0 fully saturated rings. The Hall–Kier alpha value is -1.43. The largest absolute Gasteiger partial charge is 0.306 e. The Balaban J connectivity index is 2.11. The summed E-state index contributed by atoms with van der Waals surface area (Å²) < 4.78 is 1.02. The fourth-order valence-corrected chi connectivity index (χ4v) is 2.82. The lowest BCUT2D eigenvalue weighted by Crippen LogP contribution is -2.18. The Kier molecular flexibility index (Phi) is 5.33. The second-order valence-electron chi connectivity index (χ2n) is 4.66. The van der Waals surface area contributed by atoms with Crippen LogP contribution in [0.2, 0.25) is 5.02 Å². The Morgan fingerprint density at radius 2 is 2.05 bits per heavy atom. The van der Waals surface area contributed by atoms with Crippen molar-refractivity contribution in [3.05, 3.63) is 73.2 Å². The van der Waals surface area contributed by atoms with Crippen LogP contribution in [0.4, 0.5) is 5.69 Å². The van der Waals surface area contributed by atoms with E-state index in [2.05, 4.69) is 21.2 Å². The highest BCUT2D eigenvalue weighted by molar-refractivity contribution is 9.10. The zero-order valence-corrected chi connectivity index (χ0v) is 13.7. The van der Waals surface area contributed by atoms with Crippen LogP contribution >= 0.6 is 27.5 Å². The van der Waals surface area contributed by atoms with E-state index in [0.717, 1.165) is 10.0 Å². The average molecular weight is 370 g/mol. The van der Waals surface area contributed by atoms with E-state index in [1.165, 1.54) is 12.1 Å². The fourth-order valence-electron chi connectivity index (χ4n) is 2.01. The van der Waals surface area contributed by atoms with Gasteiger partial charge in [-0.3, -0.25) is 10.1 Å². The Morgan fingerprint density at radius 1 is 1.33 bits per heavy atom. The summed E-state index contributed by atoms with van der Waals surface area (Å²) in [7, 11) is 0. The number of hydrogen-bond acceptors (Lipinski definition) is 3. The van der Waals surface area contributed by atoms with Crippen molar-refractivity contribution in [2.24, 2.45) is 0 Å². The van der Waals surface area contributed by atoms with E-state index in [1.807, 2.05) is 31.2 Å². The highest BCUT2D eigenvalue weighted by Gasteiger charge is 2.12. The first-order valence-electron chi connectivity index (χ1n) is 6.39. The van der Waals surface area contributed by atoms with Gasteiger partial charge in [-0.2, -0.15) is 0 Å². The average Bonchev–Trinajstić information content (AvgIpc) is 2.46. The molecule has 0 bridgehead atoms. The maximum Gasteiger partial charge on any atom is 0.269 e. The van der Waals surface area contributed by atoms with Gasteiger partial charge in [0.2, 0.25) is 0 Å². The summed E-state index contributed by atoms with van der Waals surface area (Å²) in [5, 5.41) is 14.7. The number of nitrogens with zero attached hydrogens (tertiary/aromatic N) is 1. The summed E-state index contributed by atoms with van der Waals surface area (Å²) in [5.74, 6) is 0. The molecular formula is C15H14BrClN2O2. The number of non-ortho nitro benzene ring substituents is 1. The van der Waals surface area contributed by atoms with Crippen molar-refractivity contribution in [2.45, 2.75) is 19.5 Å². The molecule has 0 amide bonds. The molecule has 0 aliphatic carbocycles. The smallest absolute Gasteiger partial charge is 0.269 e. The van der Waals surface area contributed by atoms with E-state index in [4.69, 9.17) is 11.6 Å². The second kappa shape index (κ2) is 7.02. The van der Waals surface area contributed by atoms with E-state index >= 15 is 0 Å². The van der Waals surface area contributed by atoms with Crippen molar-refractivity contribution in [1.29, 1.82) is 0 Å². The van der Waals surface area contributed by atoms with Gasteiger partial charge < -0.3 is 5.32 Å². The Labute approximate surface area is 136 Å². The van der Waals surface area contributed by atoms with E-state index < -0.39 is 4.92 Å². The highest BCUT2D eigenvalue weighted by atomic mass is 79.9. The highest BCUT2D eigenvalue weighted by Crippen LogP contribution is 2.25. The monoisotopic (exact) mass is 368 g/mol. The topological polar surface area (TPSA) is 55.2 Å². The number of nitro groups is 1. The minimum absolute atomic E-state index is 0.0461. The molecule has 0 saturated heterocycles. The van der Waals surface area contributed by atoms with Gasteiger partial charge in [0.25, 0.3) is 5.69 Å². The normalized spacial score (nSPS) is 12.1. The summed E-state index contributed by atoms with van der Waals surface area (Å²) in [4.78, 5) is 10.4. The lowest BCUT2D eigenvalue weighted by Gasteiger charge is -2.16. The minimum Gasteiger partial charge on any atom is -0.306 e. The molecule has 21 heavy (non-hydrogen) atoms. The molecule has 2 rings (SSSR count). The maximum absolute atomic E-state index is 10.8. The fraction of sp³-hybridized carbons (Fsp3) is 0.200. The molecule has 0 spiro atoms. The van der Waals surface area contributed by atoms with Crippen LogP contribution in [0.15, 0.2) is 46.9 Å². The van der Waals surface area contributed by atoms with E-state index in [9.17, 15) is 10.1 Å². The van der Waals surface area contributed by atoms with Gasteiger partial charge in [-0.05, 0) is 30.2 Å². The van der Waals surface area contributed by atoms with Crippen molar-refractivity contribution in [1.82, 2.24) is 5.32 Å².